The van der Waals surface area contributed by atoms with E-state index in [1.54, 1.807) is 36.7 Å². The third-order valence-electron chi connectivity index (χ3n) is 4.27. The lowest BCUT2D eigenvalue weighted by Gasteiger charge is -2.14. The Morgan fingerprint density at radius 2 is 2.07 bits per heavy atom. The Kier molecular flexibility index (Phi) is 5.85. The Balaban J connectivity index is 1.81. The number of unbranched alkanes of at least 4 members (excludes halogenated alkanes) is 1. The molecule has 2 heterocycles. The zero-order chi connectivity index (χ0) is 19.3. The van der Waals surface area contributed by atoms with Gasteiger partial charge in [-0.2, -0.15) is 0 Å². The molecule has 142 valence electrons. The van der Waals surface area contributed by atoms with Crippen LogP contribution in [0.5, 0.6) is 0 Å². The smallest absolute Gasteiger partial charge is 0.263 e. The summed E-state index contributed by atoms with van der Waals surface area (Å²) in [6, 6.07) is 9.66. The molecule has 0 spiro atoms. The first-order valence-electron chi connectivity index (χ1n) is 8.88. The fraction of sp³-hybridized carbons (Fsp3) is 0.316. The van der Waals surface area contributed by atoms with Crippen LogP contribution in [0.15, 0.2) is 58.7 Å². The number of rotatable bonds is 7. The van der Waals surface area contributed by atoms with Crippen molar-refractivity contribution in [1.82, 2.24) is 15.0 Å². The number of nitrogens with zero attached hydrogens (tertiary/aromatic N) is 2. The molecule has 1 aliphatic rings. The molecule has 0 radical (unpaired) electrons. The normalized spacial score (nSPS) is 17.1. The second-order valence-corrected chi connectivity index (χ2v) is 7.97. The molecule has 0 saturated heterocycles. The lowest BCUT2D eigenvalue weighted by atomic mass is 10.1. The Labute approximate surface area is 159 Å². The summed E-state index contributed by atoms with van der Waals surface area (Å²) in [5.41, 5.74) is 1.39. The number of aromatic nitrogens is 1. The zero-order valence-electron chi connectivity index (χ0n) is 15.1. The number of benzene rings is 1. The van der Waals surface area contributed by atoms with Crippen LogP contribution in [0, 0.1) is 0 Å². The van der Waals surface area contributed by atoms with E-state index in [-0.39, 0.29) is 16.6 Å². The van der Waals surface area contributed by atoms with E-state index in [0.29, 0.717) is 18.5 Å². The van der Waals surface area contributed by atoms with E-state index in [1.807, 2.05) is 13.0 Å². The molecule has 2 N–H and O–H groups in total. The monoisotopic (exact) mass is 386 g/mol. The van der Waals surface area contributed by atoms with Gasteiger partial charge in [-0.05, 0) is 30.2 Å². The SMILES string of the molecule is CCCCC(N=C1NS(=O)(=O)c2ccccc21)C(=O)NCc1cccnc1. The summed E-state index contributed by atoms with van der Waals surface area (Å²) in [5, 5.41) is 2.86. The molecule has 1 atom stereocenters. The van der Waals surface area contributed by atoms with E-state index in [9.17, 15) is 13.2 Å². The summed E-state index contributed by atoms with van der Waals surface area (Å²) in [6.07, 6.45) is 5.64. The number of amides is 1. The molecule has 8 heteroatoms. The highest BCUT2D eigenvalue weighted by molar-refractivity contribution is 7.90. The third kappa shape index (κ3) is 4.51. The molecule has 0 fully saturated rings. The maximum atomic E-state index is 12.7. The van der Waals surface area contributed by atoms with Gasteiger partial charge in [-0.3, -0.25) is 19.5 Å². The van der Waals surface area contributed by atoms with Crippen molar-refractivity contribution in [1.29, 1.82) is 0 Å². The average Bonchev–Trinajstić information content (AvgIpc) is 2.94. The molecular formula is C19H22N4O3S. The number of hydrogen-bond acceptors (Lipinski definition) is 5. The minimum atomic E-state index is -3.62. The summed E-state index contributed by atoms with van der Waals surface area (Å²) in [5.74, 6) is -0.00777. The van der Waals surface area contributed by atoms with Gasteiger partial charge in [-0.15, -0.1) is 0 Å². The number of hydrogen-bond donors (Lipinski definition) is 2. The van der Waals surface area contributed by atoms with Crippen molar-refractivity contribution in [2.75, 3.05) is 0 Å². The first-order chi connectivity index (χ1) is 13.0. The van der Waals surface area contributed by atoms with Crippen LogP contribution in [-0.4, -0.2) is 31.2 Å². The van der Waals surface area contributed by atoms with Crippen molar-refractivity contribution in [3.63, 3.8) is 0 Å². The van der Waals surface area contributed by atoms with E-state index >= 15 is 0 Å². The Bertz CT molecular complexity index is 942. The van der Waals surface area contributed by atoms with Gasteiger partial charge in [0.25, 0.3) is 10.0 Å². The van der Waals surface area contributed by atoms with Crippen LogP contribution in [0.25, 0.3) is 0 Å². The van der Waals surface area contributed by atoms with Crippen molar-refractivity contribution in [3.05, 3.63) is 59.9 Å². The molecule has 1 amide bonds. The van der Waals surface area contributed by atoms with E-state index in [4.69, 9.17) is 0 Å². The molecule has 7 nitrogen and oxygen atoms in total. The molecule has 27 heavy (non-hydrogen) atoms. The van der Waals surface area contributed by atoms with Crippen molar-refractivity contribution in [2.24, 2.45) is 4.99 Å². The van der Waals surface area contributed by atoms with Gasteiger partial charge in [-0.1, -0.05) is 38.0 Å². The van der Waals surface area contributed by atoms with Gasteiger partial charge >= 0.3 is 0 Å². The Morgan fingerprint density at radius 1 is 1.26 bits per heavy atom. The van der Waals surface area contributed by atoms with Crippen molar-refractivity contribution in [2.45, 2.75) is 43.7 Å². The summed E-state index contributed by atoms with van der Waals surface area (Å²) < 4.78 is 26.9. The molecule has 0 aliphatic carbocycles. The fourth-order valence-corrected chi connectivity index (χ4v) is 4.09. The van der Waals surface area contributed by atoms with Crippen molar-refractivity contribution < 1.29 is 13.2 Å². The number of fused-ring (bicyclic) bond motifs is 1. The lowest BCUT2D eigenvalue weighted by molar-refractivity contribution is -0.122. The molecule has 0 saturated carbocycles. The molecule has 2 aromatic rings. The standard InChI is InChI=1S/C19H22N4O3S/c1-2-3-9-16(19(24)21-13-14-7-6-11-20-12-14)22-18-15-8-4-5-10-17(15)27(25,26)23-18/h4-8,10-12,16H,2-3,9,13H2,1H3,(H,21,24)(H,22,23). The molecule has 1 aromatic carbocycles. The number of pyridine rings is 1. The van der Waals surface area contributed by atoms with Crippen LogP contribution in [0.3, 0.4) is 0 Å². The van der Waals surface area contributed by atoms with Crippen LogP contribution < -0.4 is 10.0 Å². The summed E-state index contributed by atoms with van der Waals surface area (Å²) in [6.45, 7) is 2.38. The number of amidine groups is 1. The van der Waals surface area contributed by atoms with Crippen LogP contribution in [0.2, 0.25) is 0 Å². The minimum absolute atomic E-state index is 0.189. The van der Waals surface area contributed by atoms with Gasteiger partial charge in [0.1, 0.15) is 11.9 Å². The average molecular weight is 386 g/mol. The highest BCUT2D eigenvalue weighted by Crippen LogP contribution is 2.23. The van der Waals surface area contributed by atoms with Gasteiger partial charge in [0.05, 0.1) is 4.90 Å². The van der Waals surface area contributed by atoms with Crippen molar-refractivity contribution in [3.8, 4) is 0 Å². The molecule has 0 bridgehead atoms. The summed E-state index contributed by atoms with van der Waals surface area (Å²) in [4.78, 5) is 21.3. The van der Waals surface area contributed by atoms with E-state index in [2.05, 4.69) is 20.0 Å². The first kappa shape index (κ1) is 19.0. The largest absolute Gasteiger partial charge is 0.350 e. The topological polar surface area (TPSA) is 101 Å². The van der Waals surface area contributed by atoms with Gasteiger partial charge in [-0.25, -0.2) is 8.42 Å². The van der Waals surface area contributed by atoms with Crippen LogP contribution >= 0.6 is 0 Å². The number of carbonyl (C=O) groups is 1. The number of sulfonamides is 1. The Morgan fingerprint density at radius 3 is 2.81 bits per heavy atom. The molecule has 1 aromatic heterocycles. The molecular weight excluding hydrogens is 364 g/mol. The van der Waals surface area contributed by atoms with Crippen molar-refractivity contribution >= 4 is 21.8 Å². The maximum absolute atomic E-state index is 12.7. The first-order valence-corrected chi connectivity index (χ1v) is 10.4. The highest BCUT2D eigenvalue weighted by Gasteiger charge is 2.31. The summed E-state index contributed by atoms with van der Waals surface area (Å²) in [7, 11) is -3.62. The van der Waals surface area contributed by atoms with E-state index < -0.39 is 16.1 Å². The Hall–Kier alpha value is -2.74. The van der Waals surface area contributed by atoms with Gasteiger partial charge < -0.3 is 5.32 Å². The third-order valence-corrected chi connectivity index (χ3v) is 5.67. The predicted molar refractivity (Wildman–Crippen MR) is 103 cm³/mol. The van der Waals surface area contributed by atoms with Gasteiger partial charge in [0.2, 0.25) is 5.91 Å². The number of aliphatic imine (C=N–C) groups is 1. The second kappa shape index (κ2) is 8.30. The van der Waals surface area contributed by atoms with E-state index in [1.165, 1.54) is 6.07 Å². The zero-order valence-corrected chi connectivity index (χ0v) is 15.9. The second-order valence-electron chi connectivity index (χ2n) is 6.32. The number of nitrogens with one attached hydrogen (secondary N) is 2. The van der Waals surface area contributed by atoms with Gasteiger partial charge in [0.15, 0.2) is 0 Å². The quantitative estimate of drug-likeness (QED) is 0.760. The molecule has 1 unspecified atom stereocenters. The molecule has 1 aliphatic heterocycles. The van der Waals surface area contributed by atoms with E-state index in [0.717, 1.165) is 18.4 Å². The van der Waals surface area contributed by atoms with Gasteiger partial charge in [0, 0.05) is 24.5 Å². The fourth-order valence-electron chi connectivity index (χ4n) is 2.85. The van der Waals surface area contributed by atoms with Crippen LogP contribution in [-0.2, 0) is 21.4 Å². The molecule has 3 rings (SSSR count). The number of carbonyl (C=O) groups excluding carboxylic acids is 1. The van der Waals surface area contributed by atoms with Crippen LogP contribution in [0.4, 0.5) is 0 Å². The maximum Gasteiger partial charge on any atom is 0.263 e. The lowest BCUT2D eigenvalue weighted by Crippen LogP contribution is -2.35. The van der Waals surface area contributed by atoms with Crippen LogP contribution in [0.1, 0.15) is 37.3 Å². The predicted octanol–water partition coefficient (Wildman–Crippen LogP) is 2.00. The highest BCUT2D eigenvalue weighted by atomic mass is 32.2. The summed E-state index contributed by atoms with van der Waals surface area (Å²) >= 11 is 0. The minimum Gasteiger partial charge on any atom is -0.350 e.